The quantitative estimate of drug-likeness (QED) is 0.677. The Kier molecular flexibility index (Phi) is 3.80. The lowest BCUT2D eigenvalue weighted by atomic mass is 9.79. The van der Waals surface area contributed by atoms with E-state index in [1.165, 1.54) is 0 Å². The zero-order valence-electron chi connectivity index (χ0n) is 11.6. The minimum atomic E-state index is -0.494. The van der Waals surface area contributed by atoms with Crippen molar-refractivity contribution in [1.29, 1.82) is 0 Å². The van der Waals surface area contributed by atoms with Crippen molar-refractivity contribution < 1.29 is 0 Å². The fraction of sp³-hybridized carbons (Fsp3) is 0.118. The topological polar surface area (TPSA) is 38.7 Å². The first kappa shape index (κ1) is 13.9. The zero-order valence-corrected chi connectivity index (χ0v) is 13.2. The second kappa shape index (κ2) is 5.74. The second-order valence-corrected chi connectivity index (χ2v) is 5.71. The van der Waals surface area contributed by atoms with Crippen molar-refractivity contribution in [3.05, 3.63) is 88.7 Å². The Labute approximate surface area is 132 Å². The van der Waals surface area contributed by atoms with Crippen LogP contribution in [0.25, 0.3) is 0 Å². The van der Waals surface area contributed by atoms with Crippen molar-refractivity contribution in [2.24, 2.45) is 0 Å². The molecule has 3 nitrogen and oxygen atoms in total. The van der Waals surface area contributed by atoms with Crippen LogP contribution in [-0.4, -0.2) is 15.0 Å². The van der Waals surface area contributed by atoms with Gasteiger partial charge in [-0.1, -0.05) is 18.2 Å². The summed E-state index contributed by atoms with van der Waals surface area (Å²) in [6, 6.07) is 17.7. The van der Waals surface area contributed by atoms with E-state index in [4.69, 9.17) is 0 Å². The summed E-state index contributed by atoms with van der Waals surface area (Å²) in [5, 5.41) is 0. The molecule has 0 aliphatic carbocycles. The lowest BCUT2D eigenvalue weighted by Crippen LogP contribution is -2.29. The number of nitrogens with zero attached hydrogens (tertiary/aromatic N) is 3. The molecule has 0 amide bonds. The highest BCUT2D eigenvalue weighted by Crippen LogP contribution is 2.35. The minimum absolute atomic E-state index is 0.494. The average molecular weight is 340 g/mol. The van der Waals surface area contributed by atoms with E-state index in [9.17, 15) is 0 Å². The molecule has 0 aromatic carbocycles. The van der Waals surface area contributed by atoms with Crippen LogP contribution in [0, 0.1) is 0 Å². The molecular weight excluding hydrogens is 326 g/mol. The molecule has 0 radical (unpaired) electrons. The SMILES string of the molecule is CC(c1ccccn1)(c1ccccn1)c1cccc(Br)n1. The summed E-state index contributed by atoms with van der Waals surface area (Å²) in [6.07, 6.45) is 3.60. The Morgan fingerprint density at radius 1 is 0.762 bits per heavy atom. The van der Waals surface area contributed by atoms with Crippen molar-refractivity contribution in [3.63, 3.8) is 0 Å². The van der Waals surface area contributed by atoms with Gasteiger partial charge in [-0.25, -0.2) is 4.98 Å². The van der Waals surface area contributed by atoms with E-state index in [1.54, 1.807) is 12.4 Å². The predicted octanol–water partition coefficient (Wildman–Crippen LogP) is 3.99. The van der Waals surface area contributed by atoms with E-state index >= 15 is 0 Å². The number of hydrogen-bond donors (Lipinski definition) is 0. The van der Waals surface area contributed by atoms with Crippen molar-refractivity contribution >= 4 is 15.9 Å². The molecule has 104 valence electrons. The van der Waals surface area contributed by atoms with Crippen LogP contribution in [0.15, 0.2) is 71.6 Å². The monoisotopic (exact) mass is 339 g/mol. The fourth-order valence-corrected chi connectivity index (χ4v) is 2.74. The van der Waals surface area contributed by atoms with Crippen LogP contribution >= 0.6 is 15.9 Å². The van der Waals surface area contributed by atoms with Gasteiger partial charge in [0.05, 0.1) is 22.5 Å². The van der Waals surface area contributed by atoms with Crippen molar-refractivity contribution in [2.45, 2.75) is 12.3 Å². The van der Waals surface area contributed by atoms with Crippen LogP contribution in [0.1, 0.15) is 24.0 Å². The van der Waals surface area contributed by atoms with Crippen LogP contribution in [0.4, 0.5) is 0 Å². The summed E-state index contributed by atoms with van der Waals surface area (Å²) in [4.78, 5) is 13.7. The molecule has 3 aromatic heterocycles. The summed E-state index contributed by atoms with van der Waals surface area (Å²) >= 11 is 3.45. The molecule has 3 aromatic rings. The summed E-state index contributed by atoms with van der Waals surface area (Å²) < 4.78 is 0.804. The molecule has 4 heteroatoms. The van der Waals surface area contributed by atoms with Gasteiger partial charge in [0, 0.05) is 12.4 Å². The van der Waals surface area contributed by atoms with E-state index in [0.717, 1.165) is 21.7 Å². The van der Waals surface area contributed by atoms with Crippen LogP contribution < -0.4 is 0 Å². The normalized spacial score (nSPS) is 11.3. The maximum absolute atomic E-state index is 4.63. The summed E-state index contributed by atoms with van der Waals surface area (Å²) in [7, 11) is 0. The van der Waals surface area contributed by atoms with Crippen LogP contribution in [-0.2, 0) is 5.41 Å². The molecule has 0 atom stereocenters. The molecule has 0 saturated carbocycles. The first-order valence-electron chi connectivity index (χ1n) is 6.67. The van der Waals surface area contributed by atoms with Gasteiger partial charge in [0.1, 0.15) is 4.60 Å². The van der Waals surface area contributed by atoms with Gasteiger partial charge in [-0.3, -0.25) is 9.97 Å². The van der Waals surface area contributed by atoms with E-state index in [-0.39, 0.29) is 0 Å². The van der Waals surface area contributed by atoms with Gasteiger partial charge in [-0.05, 0) is 59.3 Å². The summed E-state index contributed by atoms with van der Waals surface area (Å²) in [6.45, 7) is 2.10. The molecule has 0 N–H and O–H groups in total. The first-order valence-corrected chi connectivity index (χ1v) is 7.46. The van der Waals surface area contributed by atoms with Gasteiger partial charge in [0.2, 0.25) is 0 Å². The van der Waals surface area contributed by atoms with Gasteiger partial charge < -0.3 is 0 Å². The van der Waals surface area contributed by atoms with Gasteiger partial charge in [-0.2, -0.15) is 0 Å². The van der Waals surface area contributed by atoms with Crippen LogP contribution in [0.3, 0.4) is 0 Å². The van der Waals surface area contributed by atoms with Crippen LogP contribution in [0.2, 0.25) is 0 Å². The Bertz CT molecular complexity index is 690. The largest absolute Gasteiger partial charge is 0.260 e. The third-order valence-electron chi connectivity index (χ3n) is 3.58. The Hall–Kier alpha value is -2.07. The number of rotatable bonds is 3. The molecule has 0 bridgehead atoms. The fourth-order valence-electron chi connectivity index (χ4n) is 2.40. The van der Waals surface area contributed by atoms with Gasteiger partial charge in [-0.15, -0.1) is 0 Å². The van der Waals surface area contributed by atoms with Gasteiger partial charge in [0.25, 0.3) is 0 Å². The smallest absolute Gasteiger partial charge is 0.106 e. The Balaban J connectivity index is 2.25. The molecule has 3 heterocycles. The van der Waals surface area contributed by atoms with E-state index in [2.05, 4.69) is 37.8 Å². The Morgan fingerprint density at radius 3 is 1.81 bits per heavy atom. The Morgan fingerprint density at radius 2 is 1.33 bits per heavy atom. The zero-order chi connectivity index (χ0) is 14.7. The molecule has 0 spiro atoms. The molecule has 0 fully saturated rings. The highest BCUT2D eigenvalue weighted by molar-refractivity contribution is 9.10. The highest BCUT2D eigenvalue weighted by Gasteiger charge is 2.35. The lowest BCUT2D eigenvalue weighted by molar-refractivity contribution is 0.618. The number of aromatic nitrogens is 3. The predicted molar refractivity (Wildman–Crippen MR) is 86.0 cm³/mol. The molecule has 0 aliphatic rings. The third-order valence-corrected chi connectivity index (χ3v) is 4.02. The molecular formula is C17H14BrN3. The molecule has 0 saturated heterocycles. The van der Waals surface area contributed by atoms with E-state index in [1.807, 2.05) is 54.6 Å². The average Bonchev–Trinajstić information content (AvgIpc) is 2.56. The maximum atomic E-state index is 4.63. The summed E-state index contributed by atoms with van der Waals surface area (Å²) in [5.41, 5.74) is 2.27. The highest BCUT2D eigenvalue weighted by atomic mass is 79.9. The minimum Gasteiger partial charge on any atom is -0.260 e. The van der Waals surface area contributed by atoms with E-state index in [0.29, 0.717) is 0 Å². The third kappa shape index (κ3) is 2.59. The van der Waals surface area contributed by atoms with Gasteiger partial charge in [0.15, 0.2) is 0 Å². The van der Waals surface area contributed by atoms with Crippen molar-refractivity contribution in [2.75, 3.05) is 0 Å². The number of hydrogen-bond acceptors (Lipinski definition) is 3. The first-order chi connectivity index (χ1) is 10.2. The molecule has 0 aliphatic heterocycles. The van der Waals surface area contributed by atoms with Crippen molar-refractivity contribution in [1.82, 2.24) is 15.0 Å². The lowest BCUT2D eigenvalue weighted by Gasteiger charge is -2.28. The van der Waals surface area contributed by atoms with Crippen LogP contribution in [0.5, 0.6) is 0 Å². The maximum Gasteiger partial charge on any atom is 0.106 e. The standard InChI is InChI=1S/C17H14BrN3/c1-17(13-7-2-4-11-19-13,14-8-3-5-12-20-14)15-9-6-10-16(18)21-15/h2-12H,1H3. The summed E-state index contributed by atoms with van der Waals surface area (Å²) in [5.74, 6) is 0. The number of pyridine rings is 3. The van der Waals surface area contributed by atoms with E-state index < -0.39 is 5.41 Å². The molecule has 21 heavy (non-hydrogen) atoms. The van der Waals surface area contributed by atoms with Gasteiger partial charge >= 0.3 is 0 Å². The van der Waals surface area contributed by atoms with Crippen molar-refractivity contribution in [3.8, 4) is 0 Å². The molecule has 3 rings (SSSR count). The number of halogens is 1. The second-order valence-electron chi connectivity index (χ2n) is 4.90. The molecule has 0 unspecified atom stereocenters.